The number of rotatable bonds is 2. The lowest BCUT2D eigenvalue weighted by atomic mass is 10.1. The molecular formula is C18H14N2O2S. The second-order valence-corrected chi connectivity index (χ2v) is 6.53. The van der Waals surface area contributed by atoms with Crippen LogP contribution in [0.3, 0.4) is 0 Å². The standard InChI is InChI=1S/C18H14N2O2S/c1-11-5-4-6-12(9-11)20-17-13-7-2-3-8-15(13)23-10-14(17)16(19-20)18(21)22/h2-9H,10H2,1H3,(H,21,22). The van der Waals surface area contributed by atoms with Gasteiger partial charge < -0.3 is 5.11 Å². The monoisotopic (exact) mass is 322 g/mol. The predicted molar refractivity (Wildman–Crippen MR) is 90.3 cm³/mol. The largest absolute Gasteiger partial charge is 0.476 e. The molecule has 5 heteroatoms. The van der Waals surface area contributed by atoms with E-state index in [1.54, 1.807) is 16.4 Å². The normalized spacial score (nSPS) is 12.6. The van der Waals surface area contributed by atoms with Crippen LogP contribution in [0.25, 0.3) is 16.9 Å². The van der Waals surface area contributed by atoms with Crippen LogP contribution in [0.1, 0.15) is 21.6 Å². The Labute approximate surface area is 137 Å². The van der Waals surface area contributed by atoms with Crippen LogP contribution < -0.4 is 0 Å². The molecule has 0 saturated carbocycles. The molecule has 114 valence electrons. The number of aryl methyl sites for hydroxylation is 1. The van der Waals surface area contributed by atoms with Crippen molar-refractivity contribution in [3.63, 3.8) is 0 Å². The van der Waals surface area contributed by atoms with Crippen LogP contribution in [0.5, 0.6) is 0 Å². The van der Waals surface area contributed by atoms with E-state index in [-0.39, 0.29) is 5.69 Å². The van der Waals surface area contributed by atoms with Gasteiger partial charge in [-0.3, -0.25) is 0 Å². The highest BCUT2D eigenvalue weighted by atomic mass is 32.2. The molecule has 0 radical (unpaired) electrons. The van der Waals surface area contributed by atoms with Gasteiger partial charge in [0, 0.05) is 21.8 Å². The molecule has 0 bridgehead atoms. The van der Waals surface area contributed by atoms with E-state index >= 15 is 0 Å². The van der Waals surface area contributed by atoms with Crippen molar-refractivity contribution in [2.75, 3.05) is 0 Å². The van der Waals surface area contributed by atoms with Crippen molar-refractivity contribution in [1.82, 2.24) is 9.78 Å². The van der Waals surface area contributed by atoms with Gasteiger partial charge in [-0.2, -0.15) is 5.10 Å². The molecule has 3 aromatic rings. The Morgan fingerprint density at radius 2 is 2.04 bits per heavy atom. The van der Waals surface area contributed by atoms with Crippen molar-refractivity contribution in [3.8, 4) is 16.9 Å². The van der Waals surface area contributed by atoms with Gasteiger partial charge in [-0.15, -0.1) is 11.8 Å². The summed E-state index contributed by atoms with van der Waals surface area (Å²) < 4.78 is 1.77. The minimum absolute atomic E-state index is 0.142. The van der Waals surface area contributed by atoms with E-state index in [1.807, 2.05) is 49.4 Å². The van der Waals surface area contributed by atoms with Gasteiger partial charge in [0.15, 0.2) is 5.69 Å². The fourth-order valence-electron chi connectivity index (χ4n) is 2.92. The lowest BCUT2D eigenvalue weighted by Gasteiger charge is -2.18. The lowest BCUT2D eigenvalue weighted by molar-refractivity contribution is 0.0689. The Morgan fingerprint density at radius 3 is 2.83 bits per heavy atom. The highest BCUT2D eigenvalue weighted by Crippen LogP contribution is 2.43. The zero-order valence-corrected chi connectivity index (χ0v) is 13.3. The van der Waals surface area contributed by atoms with Crippen molar-refractivity contribution in [1.29, 1.82) is 0 Å². The van der Waals surface area contributed by atoms with Gasteiger partial charge in [0.05, 0.1) is 11.4 Å². The van der Waals surface area contributed by atoms with Crippen molar-refractivity contribution >= 4 is 17.7 Å². The zero-order valence-electron chi connectivity index (χ0n) is 12.5. The Kier molecular flexibility index (Phi) is 3.23. The molecule has 0 saturated heterocycles. The number of hydrogen-bond donors (Lipinski definition) is 1. The first-order valence-electron chi connectivity index (χ1n) is 7.29. The molecule has 4 rings (SSSR count). The first-order chi connectivity index (χ1) is 11.1. The molecule has 1 N–H and O–H groups in total. The van der Waals surface area contributed by atoms with E-state index in [1.165, 1.54) is 0 Å². The van der Waals surface area contributed by atoms with E-state index in [2.05, 4.69) is 11.2 Å². The number of carboxylic acids is 1. The first kappa shape index (κ1) is 14.1. The van der Waals surface area contributed by atoms with Gasteiger partial charge in [0.25, 0.3) is 0 Å². The topological polar surface area (TPSA) is 55.1 Å². The van der Waals surface area contributed by atoms with Crippen molar-refractivity contribution in [2.24, 2.45) is 0 Å². The smallest absolute Gasteiger partial charge is 0.356 e. The molecule has 1 aliphatic heterocycles. The summed E-state index contributed by atoms with van der Waals surface area (Å²) in [5, 5.41) is 13.9. The Hall–Kier alpha value is -2.53. The van der Waals surface area contributed by atoms with E-state index in [4.69, 9.17) is 0 Å². The maximum Gasteiger partial charge on any atom is 0.356 e. The third kappa shape index (κ3) is 2.24. The van der Waals surface area contributed by atoms with Crippen LogP contribution in [0.4, 0.5) is 0 Å². The molecule has 1 aliphatic rings. The van der Waals surface area contributed by atoms with Crippen LogP contribution in [0, 0.1) is 6.92 Å². The quantitative estimate of drug-likeness (QED) is 0.770. The van der Waals surface area contributed by atoms with Crippen molar-refractivity contribution in [3.05, 3.63) is 65.4 Å². The molecular weight excluding hydrogens is 308 g/mol. The molecule has 1 aromatic heterocycles. The van der Waals surface area contributed by atoms with Crippen molar-refractivity contribution < 1.29 is 9.90 Å². The van der Waals surface area contributed by atoms with Crippen LogP contribution in [-0.2, 0) is 5.75 Å². The molecule has 0 spiro atoms. The van der Waals surface area contributed by atoms with E-state index in [9.17, 15) is 9.90 Å². The summed E-state index contributed by atoms with van der Waals surface area (Å²) >= 11 is 1.66. The Morgan fingerprint density at radius 1 is 1.22 bits per heavy atom. The molecule has 0 amide bonds. The minimum atomic E-state index is -0.979. The summed E-state index contributed by atoms with van der Waals surface area (Å²) in [5.41, 5.74) is 4.87. The number of hydrogen-bond acceptors (Lipinski definition) is 3. The summed E-state index contributed by atoms with van der Waals surface area (Å²) in [5.74, 6) is -0.354. The number of nitrogens with zero attached hydrogens (tertiary/aromatic N) is 2. The molecule has 2 heterocycles. The highest BCUT2D eigenvalue weighted by molar-refractivity contribution is 7.98. The fraction of sp³-hybridized carbons (Fsp3) is 0.111. The maximum absolute atomic E-state index is 11.6. The van der Waals surface area contributed by atoms with Gasteiger partial charge in [0.2, 0.25) is 0 Å². The second-order valence-electron chi connectivity index (χ2n) is 5.52. The van der Waals surface area contributed by atoms with E-state index < -0.39 is 5.97 Å². The number of thioether (sulfide) groups is 1. The Bertz CT molecular complexity index is 931. The zero-order chi connectivity index (χ0) is 16.0. The average molecular weight is 322 g/mol. The first-order valence-corrected chi connectivity index (χ1v) is 8.28. The molecule has 2 aromatic carbocycles. The van der Waals surface area contributed by atoms with Crippen molar-refractivity contribution in [2.45, 2.75) is 17.6 Å². The molecule has 0 unspecified atom stereocenters. The number of carboxylic acid groups (broad SMARTS) is 1. The second kappa shape index (κ2) is 5.28. The Balaban J connectivity index is 2.04. The molecule has 0 atom stereocenters. The minimum Gasteiger partial charge on any atom is -0.476 e. The number of carbonyl (C=O) groups is 1. The predicted octanol–water partition coefficient (Wildman–Crippen LogP) is 4.15. The summed E-state index contributed by atoms with van der Waals surface area (Å²) in [6.07, 6.45) is 0. The highest BCUT2D eigenvalue weighted by Gasteiger charge is 2.28. The number of benzene rings is 2. The van der Waals surface area contributed by atoms with Gasteiger partial charge >= 0.3 is 5.97 Å². The molecule has 23 heavy (non-hydrogen) atoms. The SMILES string of the molecule is Cc1cccc(-n2nc(C(=O)O)c3c2-c2ccccc2SC3)c1. The third-order valence-corrected chi connectivity index (χ3v) is 5.05. The van der Waals surface area contributed by atoms with Crippen LogP contribution in [0.2, 0.25) is 0 Å². The average Bonchev–Trinajstić information content (AvgIpc) is 2.95. The van der Waals surface area contributed by atoms with Crippen LogP contribution in [-0.4, -0.2) is 20.9 Å². The van der Waals surface area contributed by atoms with E-state index in [0.717, 1.165) is 33.0 Å². The van der Waals surface area contributed by atoms with Crippen LogP contribution in [0.15, 0.2) is 53.4 Å². The van der Waals surface area contributed by atoms with Crippen LogP contribution >= 0.6 is 11.8 Å². The summed E-state index contributed by atoms with van der Waals surface area (Å²) in [7, 11) is 0. The van der Waals surface area contributed by atoms with Gasteiger partial charge in [-0.1, -0.05) is 30.3 Å². The van der Waals surface area contributed by atoms with Gasteiger partial charge in [-0.25, -0.2) is 9.48 Å². The maximum atomic E-state index is 11.6. The number of aromatic nitrogens is 2. The number of fused-ring (bicyclic) bond motifs is 3. The summed E-state index contributed by atoms with van der Waals surface area (Å²) in [4.78, 5) is 12.8. The van der Waals surface area contributed by atoms with E-state index in [0.29, 0.717) is 5.75 Å². The van der Waals surface area contributed by atoms with Gasteiger partial charge in [0.1, 0.15) is 0 Å². The molecule has 0 fully saturated rings. The fourth-order valence-corrected chi connectivity index (χ4v) is 3.99. The third-order valence-electron chi connectivity index (χ3n) is 3.95. The summed E-state index contributed by atoms with van der Waals surface area (Å²) in [6, 6.07) is 16.0. The lowest BCUT2D eigenvalue weighted by Crippen LogP contribution is -2.03. The molecule has 4 nitrogen and oxygen atoms in total. The number of aromatic carboxylic acids is 1. The van der Waals surface area contributed by atoms with Gasteiger partial charge in [-0.05, 0) is 30.7 Å². The summed E-state index contributed by atoms with van der Waals surface area (Å²) in [6.45, 7) is 2.02. The molecule has 0 aliphatic carbocycles.